The van der Waals surface area contributed by atoms with E-state index in [0.29, 0.717) is 5.92 Å². The summed E-state index contributed by atoms with van der Waals surface area (Å²) >= 11 is 1.67. The Morgan fingerprint density at radius 3 is 3.00 bits per heavy atom. The third-order valence-electron chi connectivity index (χ3n) is 2.77. The Balaban J connectivity index is 2.08. The van der Waals surface area contributed by atoms with Crippen LogP contribution in [0.5, 0.6) is 0 Å². The largest absolute Gasteiger partial charge is 0.391 e. The van der Waals surface area contributed by atoms with Gasteiger partial charge in [0.15, 0.2) is 0 Å². The molecular formula is C10H15NOS. The first-order valence-electron chi connectivity index (χ1n) is 4.85. The minimum absolute atomic E-state index is 0.139. The van der Waals surface area contributed by atoms with Gasteiger partial charge in [-0.3, -0.25) is 0 Å². The van der Waals surface area contributed by atoms with E-state index in [1.165, 1.54) is 24.3 Å². The molecule has 1 saturated carbocycles. The van der Waals surface area contributed by atoms with Crippen molar-refractivity contribution in [2.24, 2.45) is 5.92 Å². The maximum absolute atomic E-state index is 8.92. The van der Waals surface area contributed by atoms with Gasteiger partial charge < -0.3 is 5.11 Å². The first kappa shape index (κ1) is 9.16. The molecule has 2 nitrogen and oxygen atoms in total. The van der Waals surface area contributed by atoms with Crippen LogP contribution in [0.15, 0.2) is 6.20 Å². The molecule has 0 amide bonds. The molecule has 0 spiro atoms. The summed E-state index contributed by atoms with van der Waals surface area (Å²) in [6, 6.07) is 0. The van der Waals surface area contributed by atoms with Crippen LogP contribution < -0.4 is 0 Å². The van der Waals surface area contributed by atoms with E-state index in [1.54, 1.807) is 11.3 Å². The summed E-state index contributed by atoms with van der Waals surface area (Å²) in [5, 5.41) is 10.1. The number of nitrogens with zero attached hydrogens (tertiary/aromatic N) is 1. The van der Waals surface area contributed by atoms with Gasteiger partial charge in [-0.2, -0.15) is 0 Å². The molecule has 72 valence electrons. The van der Waals surface area contributed by atoms with Gasteiger partial charge in [0.05, 0.1) is 16.5 Å². The molecule has 0 aromatic carbocycles. The number of rotatable bonds is 2. The van der Waals surface area contributed by atoms with Gasteiger partial charge in [-0.1, -0.05) is 13.3 Å². The lowest BCUT2D eigenvalue weighted by Crippen LogP contribution is -1.91. The van der Waals surface area contributed by atoms with Gasteiger partial charge >= 0.3 is 0 Å². The fourth-order valence-corrected chi connectivity index (χ4v) is 2.94. The zero-order valence-electron chi connectivity index (χ0n) is 7.86. The summed E-state index contributed by atoms with van der Waals surface area (Å²) in [5.74, 6) is 1.52. The van der Waals surface area contributed by atoms with E-state index in [9.17, 15) is 0 Å². The van der Waals surface area contributed by atoms with Crippen molar-refractivity contribution in [3.05, 3.63) is 16.1 Å². The fraction of sp³-hybridized carbons (Fsp3) is 0.700. The van der Waals surface area contributed by atoms with Crippen molar-refractivity contribution in [1.29, 1.82) is 0 Å². The summed E-state index contributed by atoms with van der Waals surface area (Å²) < 4.78 is 0. The highest BCUT2D eigenvalue weighted by molar-refractivity contribution is 7.11. The van der Waals surface area contributed by atoms with E-state index in [0.717, 1.165) is 10.8 Å². The molecular weight excluding hydrogens is 182 g/mol. The first-order chi connectivity index (χ1) is 6.29. The second-order valence-electron chi connectivity index (χ2n) is 3.94. The number of thiazole rings is 1. The normalized spacial score (nSPS) is 28.2. The maximum atomic E-state index is 8.92. The molecule has 1 aliphatic rings. The van der Waals surface area contributed by atoms with Gasteiger partial charge in [0.25, 0.3) is 0 Å². The fourth-order valence-electron chi connectivity index (χ4n) is 2.02. The molecule has 0 radical (unpaired) electrons. The number of aromatic nitrogens is 1. The summed E-state index contributed by atoms with van der Waals surface area (Å²) in [5.41, 5.74) is 0. The molecule has 3 heteroatoms. The Morgan fingerprint density at radius 1 is 1.62 bits per heavy atom. The summed E-state index contributed by atoms with van der Waals surface area (Å²) in [6.45, 7) is 2.44. The van der Waals surface area contributed by atoms with Crippen LogP contribution in [-0.4, -0.2) is 10.1 Å². The van der Waals surface area contributed by atoms with Crippen LogP contribution in [0.1, 0.15) is 42.0 Å². The van der Waals surface area contributed by atoms with Crippen LogP contribution in [0, 0.1) is 5.92 Å². The SMILES string of the molecule is CC1CCC(c2ncc(CO)s2)C1. The number of aliphatic hydroxyl groups is 1. The van der Waals surface area contributed by atoms with Crippen molar-refractivity contribution in [2.45, 2.75) is 38.7 Å². The van der Waals surface area contributed by atoms with Crippen LogP contribution in [0.25, 0.3) is 0 Å². The third kappa shape index (κ3) is 1.92. The van der Waals surface area contributed by atoms with Crippen LogP contribution in [0.3, 0.4) is 0 Å². The van der Waals surface area contributed by atoms with Gasteiger partial charge in [0.2, 0.25) is 0 Å². The van der Waals surface area contributed by atoms with E-state index < -0.39 is 0 Å². The van der Waals surface area contributed by atoms with Gasteiger partial charge in [0, 0.05) is 12.1 Å². The number of aliphatic hydroxyl groups excluding tert-OH is 1. The van der Waals surface area contributed by atoms with Crippen molar-refractivity contribution in [1.82, 2.24) is 4.98 Å². The number of hydrogen-bond acceptors (Lipinski definition) is 3. The van der Waals surface area contributed by atoms with Gasteiger partial charge in [-0.05, 0) is 18.8 Å². The van der Waals surface area contributed by atoms with Crippen LogP contribution >= 0.6 is 11.3 Å². The molecule has 1 heterocycles. The smallest absolute Gasteiger partial charge is 0.0959 e. The molecule has 1 aromatic heterocycles. The molecule has 2 atom stereocenters. The topological polar surface area (TPSA) is 33.1 Å². The average molecular weight is 197 g/mol. The zero-order valence-corrected chi connectivity index (χ0v) is 8.68. The van der Waals surface area contributed by atoms with Gasteiger partial charge in [-0.25, -0.2) is 4.98 Å². The number of hydrogen-bond donors (Lipinski definition) is 1. The molecule has 1 aliphatic carbocycles. The molecule has 2 unspecified atom stereocenters. The summed E-state index contributed by atoms with van der Waals surface area (Å²) in [4.78, 5) is 5.36. The van der Waals surface area contributed by atoms with E-state index >= 15 is 0 Å². The molecule has 0 saturated heterocycles. The highest BCUT2D eigenvalue weighted by Gasteiger charge is 2.24. The van der Waals surface area contributed by atoms with Crippen molar-refractivity contribution in [2.75, 3.05) is 0 Å². The molecule has 1 N–H and O–H groups in total. The predicted octanol–water partition coefficient (Wildman–Crippen LogP) is 2.54. The lowest BCUT2D eigenvalue weighted by atomic mass is 10.1. The quantitative estimate of drug-likeness (QED) is 0.790. The maximum Gasteiger partial charge on any atom is 0.0959 e. The second kappa shape index (κ2) is 3.76. The third-order valence-corrected chi connectivity index (χ3v) is 3.92. The van der Waals surface area contributed by atoms with Crippen LogP contribution in [0.4, 0.5) is 0 Å². The van der Waals surface area contributed by atoms with Crippen molar-refractivity contribution >= 4 is 11.3 Å². The Hall–Kier alpha value is -0.410. The average Bonchev–Trinajstić information content (AvgIpc) is 2.71. The molecule has 0 aliphatic heterocycles. The minimum atomic E-state index is 0.139. The Labute approximate surface area is 82.6 Å². The van der Waals surface area contributed by atoms with Gasteiger partial charge in [-0.15, -0.1) is 11.3 Å². The van der Waals surface area contributed by atoms with Crippen LogP contribution in [-0.2, 0) is 6.61 Å². The molecule has 0 bridgehead atoms. The minimum Gasteiger partial charge on any atom is -0.391 e. The highest BCUT2D eigenvalue weighted by atomic mass is 32.1. The molecule has 2 rings (SSSR count). The Bertz CT molecular complexity index is 284. The highest BCUT2D eigenvalue weighted by Crippen LogP contribution is 2.39. The van der Waals surface area contributed by atoms with Crippen molar-refractivity contribution < 1.29 is 5.11 Å². The lowest BCUT2D eigenvalue weighted by Gasteiger charge is -2.03. The zero-order chi connectivity index (χ0) is 9.26. The summed E-state index contributed by atoms with van der Waals surface area (Å²) in [6.07, 6.45) is 5.69. The standard InChI is InChI=1S/C10H15NOS/c1-7-2-3-8(4-7)10-11-5-9(6-12)13-10/h5,7-8,12H,2-4,6H2,1H3. The second-order valence-corrected chi connectivity index (χ2v) is 5.08. The first-order valence-corrected chi connectivity index (χ1v) is 5.66. The molecule has 13 heavy (non-hydrogen) atoms. The molecule has 1 fully saturated rings. The Kier molecular flexibility index (Phi) is 2.65. The molecule has 1 aromatic rings. The predicted molar refractivity (Wildman–Crippen MR) is 53.8 cm³/mol. The Morgan fingerprint density at radius 2 is 2.46 bits per heavy atom. The van der Waals surface area contributed by atoms with E-state index in [-0.39, 0.29) is 6.61 Å². The summed E-state index contributed by atoms with van der Waals surface area (Å²) in [7, 11) is 0. The van der Waals surface area contributed by atoms with Crippen molar-refractivity contribution in [3.8, 4) is 0 Å². The van der Waals surface area contributed by atoms with E-state index in [2.05, 4.69) is 11.9 Å². The van der Waals surface area contributed by atoms with Crippen LogP contribution in [0.2, 0.25) is 0 Å². The van der Waals surface area contributed by atoms with E-state index in [1.807, 2.05) is 6.20 Å². The van der Waals surface area contributed by atoms with Crippen molar-refractivity contribution in [3.63, 3.8) is 0 Å². The lowest BCUT2D eigenvalue weighted by molar-refractivity contribution is 0.285. The van der Waals surface area contributed by atoms with Gasteiger partial charge in [0.1, 0.15) is 0 Å². The monoisotopic (exact) mass is 197 g/mol. The van der Waals surface area contributed by atoms with E-state index in [4.69, 9.17) is 5.11 Å².